The highest BCUT2D eigenvalue weighted by Gasteiger charge is 2.01. The van der Waals surface area contributed by atoms with Gasteiger partial charge in [-0.05, 0) is 30.3 Å². The molecule has 2 aromatic rings. The third kappa shape index (κ3) is 2.88. The molecule has 0 atom stereocenters. The van der Waals surface area contributed by atoms with Crippen molar-refractivity contribution in [1.29, 1.82) is 5.26 Å². The molecular weight excluding hydrogens is 282 g/mol. The lowest BCUT2D eigenvalue weighted by atomic mass is 10.2. The fourth-order valence-corrected chi connectivity index (χ4v) is 2.89. The molecule has 0 unspecified atom stereocenters. The van der Waals surface area contributed by atoms with Gasteiger partial charge in [0.2, 0.25) is 0 Å². The fourth-order valence-electron chi connectivity index (χ4n) is 1.31. The summed E-state index contributed by atoms with van der Waals surface area (Å²) < 4.78 is 0.935. The smallest absolute Gasteiger partial charge is 0.0992 e. The first-order chi connectivity index (χ1) is 7.78. The van der Waals surface area contributed by atoms with Crippen molar-refractivity contribution in [3.63, 3.8) is 0 Å². The van der Waals surface area contributed by atoms with Crippen molar-refractivity contribution >= 4 is 27.7 Å². The Balaban J connectivity index is 2.29. The second-order valence-corrected chi connectivity index (χ2v) is 5.27. The molecule has 0 amide bonds. The lowest BCUT2D eigenvalue weighted by Gasteiger charge is -2.02. The van der Waals surface area contributed by atoms with E-state index in [4.69, 9.17) is 5.26 Å². The van der Waals surface area contributed by atoms with E-state index in [9.17, 15) is 0 Å². The molecule has 0 aliphatic carbocycles. The molecule has 0 bridgehead atoms. The summed E-state index contributed by atoms with van der Waals surface area (Å²) in [5.74, 6) is 0. The Hall–Kier alpha value is -1.24. The highest BCUT2D eigenvalue weighted by Crippen LogP contribution is 2.30. The Morgan fingerprint density at radius 3 is 2.44 bits per heavy atom. The van der Waals surface area contributed by atoms with E-state index in [1.54, 1.807) is 11.8 Å². The van der Waals surface area contributed by atoms with Gasteiger partial charge in [-0.15, -0.1) is 0 Å². The van der Waals surface area contributed by atoms with Gasteiger partial charge in [0.25, 0.3) is 0 Å². The zero-order valence-corrected chi connectivity index (χ0v) is 10.8. The molecule has 0 aliphatic heterocycles. The summed E-state index contributed by atoms with van der Waals surface area (Å²) in [4.78, 5) is 2.24. The fraction of sp³-hybridized carbons (Fsp3) is 0. The summed E-state index contributed by atoms with van der Waals surface area (Å²) in [5, 5.41) is 8.87. The lowest BCUT2D eigenvalue weighted by Crippen LogP contribution is -1.78. The van der Waals surface area contributed by atoms with Gasteiger partial charge < -0.3 is 0 Å². The van der Waals surface area contributed by atoms with Crippen LogP contribution in [0, 0.1) is 11.3 Å². The molecule has 0 saturated carbocycles. The van der Waals surface area contributed by atoms with Gasteiger partial charge >= 0.3 is 0 Å². The van der Waals surface area contributed by atoms with Crippen LogP contribution in [-0.4, -0.2) is 0 Å². The summed E-state index contributed by atoms with van der Waals surface area (Å²) >= 11 is 5.05. The van der Waals surface area contributed by atoms with E-state index in [1.165, 1.54) is 4.90 Å². The van der Waals surface area contributed by atoms with E-state index in [-0.39, 0.29) is 0 Å². The Bertz CT molecular complexity index is 531. The minimum absolute atomic E-state index is 0.674. The summed E-state index contributed by atoms with van der Waals surface area (Å²) in [7, 11) is 0. The van der Waals surface area contributed by atoms with E-state index in [1.807, 2.05) is 36.4 Å². The van der Waals surface area contributed by atoms with Crippen molar-refractivity contribution < 1.29 is 0 Å². The van der Waals surface area contributed by atoms with E-state index >= 15 is 0 Å². The number of hydrogen-bond donors (Lipinski definition) is 0. The molecule has 0 fully saturated rings. The molecule has 0 saturated heterocycles. The van der Waals surface area contributed by atoms with Crippen LogP contribution in [0.5, 0.6) is 0 Å². The molecule has 2 aromatic carbocycles. The van der Waals surface area contributed by atoms with Crippen molar-refractivity contribution in [3.05, 3.63) is 58.6 Å². The predicted molar refractivity (Wildman–Crippen MR) is 69.4 cm³/mol. The van der Waals surface area contributed by atoms with Crippen molar-refractivity contribution in [1.82, 2.24) is 0 Å². The molecular formula is C13H8BrNS. The van der Waals surface area contributed by atoms with Crippen molar-refractivity contribution in [2.24, 2.45) is 0 Å². The third-order valence-electron chi connectivity index (χ3n) is 1.98. The van der Waals surface area contributed by atoms with Crippen LogP contribution in [-0.2, 0) is 0 Å². The average molecular weight is 290 g/mol. The Kier molecular flexibility index (Phi) is 3.66. The van der Waals surface area contributed by atoms with Gasteiger partial charge in [0.15, 0.2) is 0 Å². The Morgan fingerprint density at radius 1 is 1.00 bits per heavy atom. The van der Waals surface area contributed by atoms with Crippen LogP contribution in [0.1, 0.15) is 5.56 Å². The van der Waals surface area contributed by atoms with Crippen LogP contribution in [0.25, 0.3) is 0 Å². The van der Waals surface area contributed by atoms with Crippen molar-refractivity contribution in [2.45, 2.75) is 9.79 Å². The van der Waals surface area contributed by atoms with Crippen molar-refractivity contribution in [3.8, 4) is 6.07 Å². The van der Waals surface area contributed by atoms with Crippen LogP contribution in [0.15, 0.2) is 62.8 Å². The molecule has 0 heterocycles. The molecule has 0 N–H and O–H groups in total. The normalized spacial score (nSPS) is 9.75. The maximum atomic E-state index is 8.87. The molecule has 0 aliphatic rings. The molecule has 2 rings (SSSR count). The largest absolute Gasteiger partial charge is 0.192 e. The van der Waals surface area contributed by atoms with Gasteiger partial charge in [0.1, 0.15) is 0 Å². The summed E-state index contributed by atoms with van der Waals surface area (Å²) in [6, 6.07) is 18.0. The van der Waals surface area contributed by atoms with Gasteiger partial charge in [-0.3, -0.25) is 0 Å². The zero-order chi connectivity index (χ0) is 11.4. The second-order valence-electron chi connectivity index (χ2n) is 3.20. The first-order valence-electron chi connectivity index (χ1n) is 4.71. The third-order valence-corrected chi connectivity index (χ3v) is 3.42. The zero-order valence-electron chi connectivity index (χ0n) is 8.35. The minimum Gasteiger partial charge on any atom is -0.192 e. The maximum absolute atomic E-state index is 8.87. The summed E-state index contributed by atoms with van der Waals surface area (Å²) in [6.45, 7) is 0. The van der Waals surface area contributed by atoms with E-state index in [2.05, 4.69) is 34.1 Å². The SMILES string of the molecule is N#Cc1cc(Br)cc(Sc2ccccc2)c1. The van der Waals surface area contributed by atoms with Gasteiger partial charge in [-0.25, -0.2) is 0 Å². The van der Waals surface area contributed by atoms with Gasteiger partial charge in [-0.1, -0.05) is 45.9 Å². The molecule has 0 spiro atoms. The molecule has 3 heteroatoms. The predicted octanol–water partition coefficient (Wildman–Crippen LogP) is 4.47. The van der Waals surface area contributed by atoms with E-state index < -0.39 is 0 Å². The molecule has 0 aromatic heterocycles. The van der Waals surface area contributed by atoms with Crippen LogP contribution in [0.4, 0.5) is 0 Å². The average Bonchev–Trinajstić information content (AvgIpc) is 2.29. The number of hydrogen-bond acceptors (Lipinski definition) is 2. The standard InChI is InChI=1S/C13H8BrNS/c14-11-6-10(9-15)7-13(8-11)16-12-4-2-1-3-5-12/h1-8H. The quantitative estimate of drug-likeness (QED) is 0.814. The van der Waals surface area contributed by atoms with Crippen LogP contribution in [0.3, 0.4) is 0 Å². The minimum atomic E-state index is 0.674. The van der Waals surface area contributed by atoms with Gasteiger partial charge in [0, 0.05) is 14.3 Å². The highest BCUT2D eigenvalue weighted by molar-refractivity contribution is 9.10. The van der Waals surface area contributed by atoms with E-state index in [0.717, 1.165) is 9.37 Å². The summed E-state index contributed by atoms with van der Waals surface area (Å²) in [5.41, 5.74) is 0.674. The Labute approximate surface area is 107 Å². The first kappa shape index (κ1) is 11.3. The topological polar surface area (TPSA) is 23.8 Å². The molecule has 78 valence electrons. The second kappa shape index (κ2) is 5.20. The van der Waals surface area contributed by atoms with Crippen LogP contribution >= 0.6 is 27.7 Å². The number of benzene rings is 2. The first-order valence-corrected chi connectivity index (χ1v) is 6.32. The number of rotatable bonds is 2. The van der Waals surface area contributed by atoms with Crippen LogP contribution in [0.2, 0.25) is 0 Å². The maximum Gasteiger partial charge on any atom is 0.0992 e. The molecule has 16 heavy (non-hydrogen) atoms. The van der Waals surface area contributed by atoms with Crippen molar-refractivity contribution in [2.75, 3.05) is 0 Å². The summed E-state index contributed by atoms with van der Waals surface area (Å²) in [6.07, 6.45) is 0. The number of nitrogens with zero attached hydrogens (tertiary/aromatic N) is 1. The van der Waals surface area contributed by atoms with E-state index in [0.29, 0.717) is 5.56 Å². The molecule has 1 nitrogen and oxygen atoms in total. The van der Waals surface area contributed by atoms with Gasteiger partial charge in [0.05, 0.1) is 11.6 Å². The number of nitriles is 1. The highest BCUT2D eigenvalue weighted by atomic mass is 79.9. The van der Waals surface area contributed by atoms with Crippen LogP contribution < -0.4 is 0 Å². The van der Waals surface area contributed by atoms with Gasteiger partial charge in [-0.2, -0.15) is 5.26 Å². The number of halogens is 1. The Morgan fingerprint density at radius 2 is 1.75 bits per heavy atom. The molecule has 0 radical (unpaired) electrons. The monoisotopic (exact) mass is 289 g/mol. The lowest BCUT2D eigenvalue weighted by molar-refractivity contribution is 1.36.